The van der Waals surface area contributed by atoms with E-state index in [1.807, 2.05) is 0 Å². The van der Waals surface area contributed by atoms with Crippen molar-refractivity contribution in [2.45, 2.75) is 6.10 Å². The van der Waals surface area contributed by atoms with E-state index in [1.54, 1.807) is 31.4 Å². The van der Waals surface area contributed by atoms with Crippen LogP contribution < -0.4 is 10.1 Å². The van der Waals surface area contributed by atoms with Crippen LogP contribution in [0.2, 0.25) is 0 Å². The second-order valence-electron chi connectivity index (χ2n) is 3.04. The largest absolute Gasteiger partial charge is 0.497 e. The van der Waals surface area contributed by atoms with Crippen molar-refractivity contribution < 1.29 is 14.3 Å². The molecule has 1 aromatic rings. The molecule has 1 N–H and O–H groups in total. The first-order chi connectivity index (χ1) is 6.79. The van der Waals surface area contributed by atoms with E-state index in [9.17, 15) is 4.79 Å². The minimum Gasteiger partial charge on any atom is -0.497 e. The van der Waals surface area contributed by atoms with Gasteiger partial charge in [-0.05, 0) is 24.3 Å². The van der Waals surface area contributed by atoms with Crippen LogP contribution in [0.1, 0.15) is 0 Å². The van der Waals surface area contributed by atoms with Crippen LogP contribution >= 0.6 is 0 Å². The van der Waals surface area contributed by atoms with E-state index < -0.39 is 0 Å². The average Bonchev–Trinajstić information content (AvgIpc) is 3.02. The molecule has 1 aromatic carbocycles. The number of carbonyl (C=O) groups is 1. The molecule has 0 spiro atoms. The summed E-state index contributed by atoms with van der Waals surface area (Å²) >= 11 is 0. The molecule has 1 atom stereocenters. The van der Waals surface area contributed by atoms with Gasteiger partial charge in [0.2, 0.25) is 0 Å². The second kappa shape index (κ2) is 3.67. The van der Waals surface area contributed by atoms with Crippen LogP contribution in [0, 0.1) is 0 Å². The summed E-state index contributed by atoms with van der Waals surface area (Å²) in [7, 11) is 1.60. The SMILES string of the molecule is COc1ccc(NC(=O)C2CO2)cc1. The Hall–Kier alpha value is -1.55. The lowest BCUT2D eigenvalue weighted by Crippen LogP contribution is -2.17. The summed E-state index contributed by atoms with van der Waals surface area (Å²) in [6.45, 7) is 0.530. The molecule has 0 bridgehead atoms. The lowest BCUT2D eigenvalue weighted by Gasteiger charge is -2.04. The van der Waals surface area contributed by atoms with Crippen molar-refractivity contribution in [3.8, 4) is 5.75 Å². The minimum absolute atomic E-state index is 0.0878. The molecule has 1 saturated heterocycles. The second-order valence-corrected chi connectivity index (χ2v) is 3.04. The number of amides is 1. The van der Waals surface area contributed by atoms with Gasteiger partial charge in [0.15, 0.2) is 6.10 Å². The Morgan fingerprint density at radius 1 is 1.50 bits per heavy atom. The van der Waals surface area contributed by atoms with Gasteiger partial charge in [-0.15, -0.1) is 0 Å². The number of hydrogen-bond donors (Lipinski definition) is 1. The van der Waals surface area contributed by atoms with Crippen LogP contribution in [0.3, 0.4) is 0 Å². The van der Waals surface area contributed by atoms with E-state index in [2.05, 4.69) is 5.32 Å². The zero-order valence-electron chi connectivity index (χ0n) is 7.82. The van der Waals surface area contributed by atoms with Gasteiger partial charge in [-0.1, -0.05) is 0 Å². The maximum Gasteiger partial charge on any atom is 0.255 e. The zero-order valence-corrected chi connectivity index (χ0v) is 7.82. The molecule has 1 amide bonds. The highest BCUT2D eigenvalue weighted by molar-refractivity contribution is 5.95. The fraction of sp³-hybridized carbons (Fsp3) is 0.300. The highest BCUT2D eigenvalue weighted by Crippen LogP contribution is 2.17. The average molecular weight is 193 g/mol. The van der Waals surface area contributed by atoms with Crippen LogP contribution in [0.25, 0.3) is 0 Å². The van der Waals surface area contributed by atoms with Crippen molar-refractivity contribution in [1.82, 2.24) is 0 Å². The van der Waals surface area contributed by atoms with E-state index in [0.29, 0.717) is 6.61 Å². The maximum absolute atomic E-state index is 11.3. The molecular weight excluding hydrogens is 182 g/mol. The van der Waals surface area contributed by atoms with Crippen LogP contribution in [0.5, 0.6) is 5.75 Å². The number of hydrogen-bond acceptors (Lipinski definition) is 3. The van der Waals surface area contributed by atoms with Gasteiger partial charge < -0.3 is 14.8 Å². The van der Waals surface area contributed by atoms with E-state index in [4.69, 9.17) is 9.47 Å². The number of carbonyl (C=O) groups excluding carboxylic acids is 1. The number of anilines is 1. The third-order valence-electron chi connectivity index (χ3n) is 1.98. The Morgan fingerprint density at radius 3 is 2.64 bits per heavy atom. The monoisotopic (exact) mass is 193 g/mol. The summed E-state index contributed by atoms with van der Waals surface area (Å²) in [5, 5.41) is 2.74. The number of benzene rings is 1. The number of methoxy groups -OCH3 is 1. The van der Waals surface area contributed by atoms with Crippen molar-refractivity contribution in [1.29, 1.82) is 0 Å². The summed E-state index contributed by atoms with van der Waals surface area (Å²) in [4.78, 5) is 11.3. The number of epoxide rings is 1. The molecule has 1 fully saturated rings. The van der Waals surface area contributed by atoms with Crippen molar-refractivity contribution in [2.24, 2.45) is 0 Å². The molecule has 0 aliphatic carbocycles. The van der Waals surface area contributed by atoms with Crippen LogP contribution in [0.15, 0.2) is 24.3 Å². The molecule has 1 aliphatic heterocycles. The van der Waals surface area contributed by atoms with E-state index in [-0.39, 0.29) is 12.0 Å². The first-order valence-electron chi connectivity index (χ1n) is 4.36. The predicted molar refractivity (Wildman–Crippen MR) is 51.4 cm³/mol. The molecule has 2 rings (SSSR count). The summed E-state index contributed by atoms with van der Waals surface area (Å²) in [6, 6.07) is 7.17. The van der Waals surface area contributed by atoms with Gasteiger partial charge in [0.25, 0.3) is 5.91 Å². The third kappa shape index (κ3) is 2.03. The highest BCUT2D eigenvalue weighted by Gasteiger charge is 2.31. The Kier molecular flexibility index (Phi) is 2.37. The lowest BCUT2D eigenvalue weighted by atomic mass is 10.3. The van der Waals surface area contributed by atoms with E-state index in [1.165, 1.54) is 0 Å². The molecule has 4 nitrogen and oxygen atoms in total. The quantitative estimate of drug-likeness (QED) is 0.729. The molecule has 74 valence electrons. The summed E-state index contributed by atoms with van der Waals surface area (Å²) < 4.78 is 9.85. The highest BCUT2D eigenvalue weighted by atomic mass is 16.6. The first kappa shape index (κ1) is 9.02. The van der Waals surface area contributed by atoms with Crippen LogP contribution in [-0.4, -0.2) is 25.7 Å². The normalized spacial score (nSPS) is 18.8. The fourth-order valence-corrected chi connectivity index (χ4v) is 1.10. The van der Waals surface area contributed by atoms with Crippen molar-refractivity contribution in [3.63, 3.8) is 0 Å². The maximum atomic E-state index is 11.3. The zero-order chi connectivity index (χ0) is 9.97. The Labute approximate surface area is 81.8 Å². The van der Waals surface area contributed by atoms with E-state index in [0.717, 1.165) is 11.4 Å². The van der Waals surface area contributed by atoms with Crippen molar-refractivity contribution >= 4 is 11.6 Å². The molecule has 0 saturated carbocycles. The molecule has 4 heteroatoms. The molecule has 0 radical (unpaired) electrons. The van der Waals surface area contributed by atoms with Gasteiger partial charge >= 0.3 is 0 Å². The Balaban J connectivity index is 1.98. The smallest absolute Gasteiger partial charge is 0.255 e. The number of ether oxygens (including phenoxy) is 2. The predicted octanol–water partition coefficient (Wildman–Crippen LogP) is 1.03. The van der Waals surface area contributed by atoms with Crippen molar-refractivity contribution in [3.05, 3.63) is 24.3 Å². The molecule has 14 heavy (non-hydrogen) atoms. The van der Waals surface area contributed by atoms with Crippen LogP contribution in [-0.2, 0) is 9.53 Å². The molecular formula is C10H11NO3. The summed E-state index contributed by atoms with van der Waals surface area (Å²) in [6.07, 6.45) is -0.253. The number of rotatable bonds is 3. The third-order valence-corrected chi connectivity index (χ3v) is 1.98. The molecule has 1 heterocycles. The van der Waals surface area contributed by atoms with Gasteiger partial charge in [0.05, 0.1) is 13.7 Å². The Morgan fingerprint density at radius 2 is 2.14 bits per heavy atom. The van der Waals surface area contributed by atoms with Gasteiger partial charge in [-0.3, -0.25) is 4.79 Å². The Bertz CT molecular complexity index is 330. The lowest BCUT2D eigenvalue weighted by molar-refractivity contribution is -0.117. The van der Waals surface area contributed by atoms with Gasteiger partial charge in [-0.2, -0.15) is 0 Å². The molecule has 0 aromatic heterocycles. The number of nitrogens with one attached hydrogen (secondary N) is 1. The van der Waals surface area contributed by atoms with E-state index >= 15 is 0 Å². The van der Waals surface area contributed by atoms with Gasteiger partial charge in [0, 0.05) is 5.69 Å². The first-order valence-corrected chi connectivity index (χ1v) is 4.36. The van der Waals surface area contributed by atoms with Gasteiger partial charge in [-0.25, -0.2) is 0 Å². The molecule has 1 aliphatic rings. The summed E-state index contributed by atoms with van der Waals surface area (Å²) in [5.74, 6) is 0.681. The summed E-state index contributed by atoms with van der Waals surface area (Å²) in [5.41, 5.74) is 0.756. The standard InChI is InChI=1S/C10H11NO3/c1-13-8-4-2-7(3-5-8)11-10(12)9-6-14-9/h2-5,9H,6H2,1H3,(H,11,12). The van der Waals surface area contributed by atoms with Crippen LogP contribution in [0.4, 0.5) is 5.69 Å². The minimum atomic E-state index is -0.253. The topological polar surface area (TPSA) is 50.9 Å². The van der Waals surface area contributed by atoms with Crippen molar-refractivity contribution in [2.75, 3.05) is 19.0 Å². The molecule has 1 unspecified atom stereocenters. The fourth-order valence-electron chi connectivity index (χ4n) is 1.10. The van der Waals surface area contributed by atoms with Gasteiger partial charge in [0.1, 0.15) is 5.75 Å².